The number of hydrogen-bond donors (Lipinski definition) is 2. The minimum atomic E-state index is 0.487. The van der Waals surface area contributed by atoms with Crippen molar-refractivity contribution in [2.75, 3.05) is 5.32 Å². The molecule has 0 saturated carbocycles. The maximum absolute atomic E-state index is 4.89. The molecule has 0 atom stereocenters. The summed E-state index contributed by atoms with van der Waals surface area (Å²) in [6, 6.07) is 14.2. The number of thiocarbonyl (C=S) groups is 1. The Morgan fingerprint density at radius 2 is 1.79 bits per heavy atom. The van der Waals surface area contributed by atoms with Crippen molar-refractivity contribution >= 4 is 45.6 Å². The largest absolute Gasteiger partial charge is 0.341 e. The zero-order valence-electron chi connectivity index (χ0n) is 7.40. The van der Waals surface area contributed by atoms with Gasteiger partial charge in [-0.15, -0.1) is 12.6 Å². The minimum Gasteiger partial charge on any atom is -0.341 e. The van der Waals surface area contributed by atoms with E-state index in [-0.39, 0.29) is 0 Å². The Morgan fingerprint density at radius 3 is 2.57 bits per heavy atom. The average molecular weight is 219 g/mol. The summed E-state index contributed by atoms with van der Waals surface area (Å²) in [5, 5.41) is 5.40. The van der Waals surface area contributed by atoms with Crippen LogP contribution in [0.1, 0.15) is 0 Å². The molecule has 0 amide bonds. The van der Waals surface area contributed by atoms with Gasteiger partial charge in [-0.2, -0.15) is 0 Å². The van der Waals surface area contributed by atoms with Gasteiger partial charge in [-0.1, -0.05) is 48.6 Å². The first-order chi connectivity index (χ1) is 6.77. The van der Waals surface area contributed by atoms with Crippen LogP contribution in [0.25, 0.3) is 10.8 Å². The van der Waals surface area contributed by atoms with E-state index in [0.29, 0.717) is 4.32 Å². The fourth-order valence-electron chi connectivity index (χ4n) is 1.45. The molecule has 0 aliphatic rings. The summed E-state index contributed by atoms with van der Waals surface area (Å²) < 4.78 is 0.487. The van der Waals surface area contributed by atoms with E-state index in [4.69, 9.17) is 12.2 Å². The van der Waals surface area contributed by atoms with Gasteiger partial charge < -0.3 is 5.32 Å². The molecule has 0 aromatic heterocycles. The first kappa shape index (κ1) is 9.49. The third-order valence-electron chi connectivity index (χ3n) is 2.03. The SMILES string of the molecule is S=C(S)Nc1cccc2ccccc12. The van der Waals surface area contributed by atoms with Crippen LogP contribution < -0.4 is 5.32 Å². The van der Waals surface area contributed by atoms with Crippen molar-refractivity contribution in [3.05, 3.63) is 42.5 Å². The molecule has 0 heterocycles. The van der Waals surface area contributed by atoms with Gasteiger partial charge in [0.2, 0.25) is 0 Å². The molecule has 1 N–H and O–H groups in total. The van der Waals surface area contributed by atoms with Crippen molar-refractivity contribution in [3.63, 3.8) is 0 Å². The third-order valence-corrected chi connectivity index (χ3v) is 2.25. The number of anilines is 1. The van der Waals surface area contributed by atoms with Crippen LogP contribution in [0.4, 0.5) is 5.69 Å². The minimum absolute atomic E-state index is 0.487. The highest BCUT2D eigenvalue weighted by Crippen LogP contribution is 2.23. The van der Waals surface area contributed by atoms with Crippen LogP contribution in [0, 0.1) is 0 Å². The molecule has 0 unspecified atom stereocenters. The fourth-order valence-corrected chi connectivity index (χ4v) is 1.68. The molecule has 2 rings (SSSR count). The standard InChI is InChI=1S/C11H9NS2/c13-11(14)12-10-7-3-5-8-4-1-2-6-9(8)10/h1-7H,(H2,12,13,14). The van der Waals surface area contributed by atoms with E-state index in [9.17, 15) is 0 Å². The maximum Gasteiger partial charge on any atom is 0.135 e. The Balaban J connectivity index is 2.59. The van der Waals surface area contributed by atoms with Gasteiger partial charge in [0, 0.05) is 11.1 Å². The van der Waals surface area contributed by atoms with Gasteiger partial charge in [0.05, 0.1) is 0 Å². The topological polar surface area (TPSA) is 12.0 Å². The number of hydrogen-bond acceptors (Lipinski definition) is 1. The van der Waals surface area contributed by atoms with Crippen molar-refractivity contribution in [2.24, 2.45) is 0 Å². The maximum atomic E-state index is 4.89. The predicted octanol–water partition coefficient (Wildman–Crippen LogP) is 3.47. The van der Waals surface area contributed by atoms with Crippen LogP contribution in [-0.4, -0.2) is 4.32 Å². The molecule has 0 fully saturated rings. The lowest BCUT2D eigenvalue weighted by molar-refractivity contribution is 1.71. The Morgan fingerprint density at radius 1 is 1.07 bits per heavy atom. The molecule has 0 aliphatic heterocycles. The monoisotopic (exact) mass is 219 g/mol. The van der Waals surface area contributed by atoms with Crippen LogP contribution in [0.3, 0.4) is 0 Å². The third kappa shape index (κ3) is 1.89. The normalized spacial score (nSPS) is 10.1. The first-order valence-electron chi connectivity index (χ1n) is 4.25. The van der Waals surface area contributed by atoms with Crippen molar-refractivity contribution in [3.8, 4) is 0 Å². The second kappa shape index (κ2) is 3.98. The number of rotatable bonds is 1. The molecule has 14 heavy (non-hydrogen) atoms. The summed E-state index contributed by atoms with van der Waals surface area (Å²) in [5.74, 6) is 0. The van der Waals surface area contributed by atoms with Crippen LogP contribution >= 0.6 is 24.8 Å². The van der Waals surface area contributed by atoms with E-state index in [0.717, 1.165) is 11.1 Å². The van der Waals surface area contributed by atoms with Gasteiger partial charge in [0.15, 0.2) is 0 Å². The lowest BCUT2D eigenvalue weighted by atomic mass is 10.1. The summed E-state index contributed by atoms with van der Waals surface area (Å²) in [6.07, 6.45) is 0. The van der Waals surface area contributed by atoms with Gasteiger partial charge in [-0.3, -0.25) is 0 Å². The van der Waals surface area contributed by atoms with Crippen LogP contribution in [0.15, 0.2) is 42.5 Å². The lowest BCUT2D eigenvalue weighted by Crippen LogP contribution is -2.00. The summed E-state index contributed by atoms with van der Waals surface area (Å²) in [4.78, 5) is 0. The molecular weight excluding hydrogens is 210 g/mol. The molecule has 2 aromatic carbocycles. The van der Waals surface area contributed by atoms with Gasteiger partial charge in [-0.25, -0.2) is 0 Å². The summed E-state index contributed by atoms with van der Waals surface area (Å²) in [6.45, 7) is 0. The highest BCUT2D eigenvalue weighted by Gasteiger charge is 1.99. The van der Waals surface area contributed by atoms with Gasteiger partial charge in [0.25, 0.3) is 0 Å². The molecule has 0 radical (unpaired) electrons. The van der Waals surface area contributed by atoms with Crippen molar-refractivity contribution in [2.45, 2.75) is 0 Å². The van der Waals surface area contributed by atoms with Gasteiger partial charge in [0.1, 0.15) is 4.32 Å². The highest BCUT2D eigenvalue weighted by molar-refractivity contribution is 8.11. The number of thiol groups is 1. The second-order valence-corrected chi connectivity index (χ2v) is 4.11. The number of fused-ring (bicyclic) bond motifs is 1. The predicted molar refractivity (Wildman–Crippen MR) is 69.2 cm³/mol. The van der Waals surface area contributed by atoms with Gasteiger partial charge in [-0.05, 0) is 11.5 Å². The lowest BCUT2D eigenvalue weighted by Gasteiger charge is -2.06. The second-order valence-electron chi connectivity index (χ2n) is 2.96. The molecule has 1 nitrogen and oxygen atoms in total. The van der Waals surface area contributed by atoms with E-state index in [1.54, 1.807) is 0 Å². The molecule has 70 valence electrons. The summed E-state index contributed by atoms with van der Waals surface area (Å²) >= 11 is 8.95. The smallest absolute Gasteiger partial charge is 0.135 e. The molecular formula is C11H9NS2. The van der Waals surface area contributed by atoms with E-state index in [1.807, 2.05) is 24.3 Å². The molecule has 0 aliphatic carbocycles. The average Bonchev–Trinajstić information content (AvgIpc) is 2.18. The van der Waals surface area contributed by atoms with Crippen molar-refractivity contribution < 1.29 is 0 Å². The number of nitrogens with one attached hydrogen (secondary N) is 1. The van der Waals surface area contributed by atoms with E-state index < -0.39 is 0 Å². The van der Waals surface area contributed by atoms with E-state index >= 15 is 0 Å². The quantitative estimate of drug-likeness (QED) is 0.562. The van der Waals surface area contributed by atoms with Crippen LogP contribution in [0.2, 0.25) is 0 Å². The molecule has 0 spiro atoms. The molecule has 0 bridgehead atoms. The Kier molecular flexibility index (Phi) is 2.70. The fraction of sp³-hybridized carbons (Fsp3) is 0. The van der Waals surface area contributed by atoms with E-state index in [1.165, 1.54) is 5.39 Å². The van der Waals surface area contributed by atoms with Gasteiger partial charge >= 0.3 is 0 Å². The summed E-state index contributed by atoms with van der Waals surface area (Å²) in [5.41, 5.74) is 1.00. The highest BCUT2D eigenvalue weighted by atomic mass is 32.1. The van der Waals surface area contributed by atoms with Crippen LogP contribution in [0.5, 0.6) is 0 Å². The van der Waals surface area contributed by atoms with Crippen LogP contribution in [-0.2, 0) is 0 Å². The Labute approximate surface area is 93.5 Å². The van der Waals surface area contributed by atoms with Crippen molar-refractivity contribution in [1.29, 1.82) is 0 Å². The number of benzene rings is 2. The zero-order chi connectivity index (χ0) is 9.97. The zero-order valence-corrected chi connectivity index (χ0v) is 9.11. The Bertz CT molecular complexity index is 474. The molecule has 0 saturated heterocycles. The molecule has 2 aromatic rings. The Hall–Kier alpha value is -1.06. The first-order valence-corrected chi connectivity index (χ1v) is 5.10. The van der Waals surface area contributed by atoms with Crippen molar-refractivity contribution in [1.82, 2.24) is 0 Å². The molecule has 3 heteroatoms. The summed E-state index contributed by atoms with van der Waals surface area (Å²) in [7, 11) is 0. The van der Waals surface area contributed by atoms with E-state index in [2.05, 4.69) is 36.1 Å².